The summed E-state index contributed by atoms with van der Waals surface area (Å²) in [6, 6.07) is 4.02. The summed E-state index contributed by atoms with van der Waals surface area (Å²) in [6.07, 6.45) is 5.49. The molecular formula is C17H26BrNO2. The Kier molecular flexibility index (Phi) is 4.89. The van der Waals surface area contributed by atoms with Gasteiger partial charge in [0.05, 0.1) is 14.2 Å². The minimum absolute atomic E-state index is 0.325. The molecule has 0 amide bonds. The van der Waals surface area contributed by atoms with Crippen LogP contribution in [0.1, 0.15) is 51.5 Å². The molecule has 1 aromatic carbocycles. The Morgan fingerprint density at radius 3 is 2.38 bits per heavy atom. The van der Waals surface area contributed by atoms with Crippen molar-refractivity contribution in [3.05, 3.63) is 22.2 Å². The van der Waals surface area contributed by atoms with E-state index in [-0.39, 0.29) is 5.54 Å². The fourth-order valence-corrected chi connectivity index (χ4v) is 3.92. The minimum Gasteiger partial charge on any atom is -0.495 e. The van der Waals surface area contributed by atoms with E-state index in [9.17, 15) is 0 Å². The Labute approximate surface area is 136 Å². The van der Waals surface area contributed by atoms with E-state index in [1.54, 1.807) is 14.2 Å². The van der Waals surface area contributed by atoms with Crippen LogP contribution in [0.2, 0.25) is 0 Å². The molecule has 1 saturated carbocycles. The average molecular weight is 356 g/mol. The predicted octanol–water partition coefficient (Wildman–Crippen LogP) is 4.61. The zero-order valence-electron chi connectivity index (χ0n) is 13.5. The first kappa shape index (κ1) is 16.6. The second-order valence-corrected chi connectivity index (χ2v) is 7.63. The maximum absolute atomic E-state index is 6.80. The van der Waals surface area contributed by atoms with Crippen LogP contribution in [0.3, 0.4) is 0 Å². The van der Waals surface area contributed by atoms with Crippen molar-refractivity contribution in [2.24, 2.45) is 11.1 Å². The number of hydrogen-bond acceptors (Lipinski definition) is 3. The van der Waals surface area contributed by atoms with E-state index in [2.05, 4.69) is 35.8 Å². The zero-order valence-corrected chi connectivity index (χ0v) is 15.0. The third-order valence-electron chi connectivity index (χ3n) is 4.75. The highest BCUT2D eigenvalue weighted by molar-refractivity contribution is 9.10. The Hall–Kier alpha value is -0.740. The van der Waals surface area contributed by atoms with Crippen LogP contribution in [0.15, 0.2) is 16.6 Å². The largest absolute Gasteiger partial charge is 0.495 e. The summed E-state index contributed by atoms with van der Waals surface area (Å²) in [5.74, 6) is 1.57. The topological polar surface area (TPSA) is 44.5 Å². The van der Waals surface area contributed by atoms with Crippen molar-refractivity contribution >= 4 is 15.9 Å². The molecule has 1 aliphatic carbocycles. The molecule has 3 nitrogen and oxygen atoms in total. The van der Waals surface area contributed by atoms with Gasteiger partial charge in [0.25, 0.3) is 0 Å². The summed E-state index contributed by atoms with van der Waals surface area (Å²) in [5, 5.41) is 0. The van der Waals surface area contributed by atoms with E-state index in [0.29, 0.717) is 5.41 Å². The molecule has 1 fully saturated rings. The lowest BCUT2D eigenvalue weighted by Crippen LogP contribution is -2.36. The van der Waals surface area contributed by atoms with Crippen LogP contribution in [-0.4, -0.2) is 14.2 Å². The number of rotatable bonds is 3. The molecule has 21 heavy (non-hydrogen) atoms. The van der Waals surface area contributed by atoms with Gasteiger partial charge in [-0.05, 0) is 59.2 Å². The van der Waals surface area contributed by atoms with Crippen LogP contribution in [-0.2, 0) is 5.54 Å². The molecule has 0 spiro atoms. The Balaban J connectivity index is 2.42. The number of methoxy groups -OCH3 is 2. The first-order chi connectivity index (χ1) is 9.83. The Bertz CT molecular complexity index is 516. The van der Waals surface area contributed by atoms with Crippen LogP contribution in [0.25, 0.3) is 0 Å². The molecule has 0 aliphatic heterocycles. The quantitative estimate of drug-likeness (QED) is 0.805. The number of hydrogen-bond donors (Lipinski definition) is 1. The van der Waals surface area contributed by atoms with Gasteiger partial charge in [-0.15, -0.1) is 0 Å². The standard InChI is InChI=1S/C17H26BrNO2/c1-16(2)8-5-9-17(19,11-10-16)12-6-7-13(20-3)14(18)15(12)21-4/h6-7H,5,8-11,19H2,1-4H3. The van der Waals surface area contributed by atoms with E-state index in [4.69, 9.17) is 15.2 Å². The van der Waals surface area contributed by atoms with Crippen LogP contribution >= 0.6 is 15.9 Å². The van der Waals surface area contributed by atoms with Crippen LogP contribution in [0, 0.1) is 5.41 Å². The first-order valence-corrected chi connectivity index (χ1v) is 8.32. The second-order valence-electron chi connectivity index (χ2n) is 6.84. The molecule has 2 rings (SSSR count). The van der Waals surface area contributed by atoms with E-state index in [1.165, 1.54) is 6.42 Å². The Morgan fingerprint density at radius 2 is 1.76 bits per heavy atom. The Morgan fingerprint density at radius 1 is 1.05 bits per heavy atom. The van der Waals surface area contributed by atoms with Crippen molar-refractivity contribution < 1.29 is 9.47 Å². The number of ether oxygens (including phenoxy) is 2. The lowest BCUT2D eigenvalue weighted by atomic mass is 9.80. The maximum atomic E-state index is 6.80. The molecule has 1 aromatic rings. The average Bonchev–Trinajstić information content (AvgIpc) is 2.58. The first-order valence-electron chi connectivity index (χ1n) is 7.53. The van der Waals surface area contributed by atoms with Gasteiger partial charge in [-0.2, -0.15) is 0 Å². The van der Waals surface area contributed by atoms with Crippen molar-refractivity contribution in [3.8, 4) is 11.5 Å². The van der Waals surface area contributed by atoms with Crippen molar-refractivity contribution in [1.82, 2.24) is 0 Å². The lowest BCUT2D eigenvalue weighted by molar-refractivity contribution is 0.294. The van der Waals surface area contributed by atoms with Crippen molar-refractivity contribution in [2.45, 2.75) is 51.5 Å². The van der Waals surface area contributed by atoms with Gasteiger partial charge in [-0.25, -0.2) is 0 Å². The van der Waals surface area contributed by atoms with Crippen molar-refractivity contribution in [2.75, 3.05) is 14.2 Å². The van der Waals surface area contributed by atoms with E-state index in [1.807, 2.05) is 6.07 Å². The zero-order chi connectivity index (χ0) is 15.7. The van der Waals surface area contributed by atoms with Gasteiger partial charge in [0.15, 0.2) is 0 Å². The summed E-state index contributed by atoms with van der Waals surface area (Å²) in [5.41, 5.74) is 7.92. The monoisotopic (exact) mass is 355 g/mol. The maximum Gasteiger partial charge on any atom is 0.141 e. The predicted molar refractivity (Wildman–Crippen MR) is 90.0 cm³/mol. The molecule has 1 unspecified atom stereocenters. The molecule has 118 valence electrons. The molecule has 0 radical (unpaired) electrons. The van der Waals surface area contributed by atoms with Gasteiger partial charge in [-0.3, -0.25) is 0 Å². The smallest absolute Gasteiger partial charge is 0.141 e. The third-order valence-corrected chi connectivity index (χ3v) is 5.50. The molecule has 4 heteroatoms. The molecule has 0 saturated heterocycles. The number of benzene rings is 1. The summed E-state index contributed by atoms with van der Waals surface area (Å²) in [7, 11) is 3.35. The summed E-state index contributed by atoms with van der Waals surface area (Å²) >= 11 is 3.58. The second kappa shape index (κ2) is 6.17. The molecule has 0 bridgehead atoms. The highest BCUT2D eigenvalue weighted by Crippen LogP contribution is 2.47. The van der Waals surface area contributed by atoms with E-state index < -0.39 is 0 Å². The minimum atomic E-state index is -0.325. The van der Waals surface area contributed by atoms with E-state index in [0.717, 1.165) is 47.2 Å². The fourth-order valence-electron chi connectivity index (χ4n) is 3.25. The lowest BCUT2D eigenvalue weighted by Gasteiger charge is -2.31. The van der Waals surface area contributed by atoms with Crippen LogP contribution in [0.5, 0.6) is 11.5 Å². The van der Waals surface area contributed by atoms with Gasteiger partial charge in [-0.1, -0.05) is 20.3 Å². The molecule has 0 heterocycles. The van der Waals surface area contributed by atoms with Gasteiger partial charge < -0.3 is 15.2 Å². The summed E-state index contributed by atoms with van der Waals surface area (Å²) in [6.45, 7) is 4.67. The SMILES string of the molecule is COc1ccc(C2(N)CCCC(C)(C)CC2)c(OC)c1Br. The van der Waals surface area contributed by atoms with E-state index >= 15 is 0 Å². The third kappa shape index (κ3) is 3.37. The summed E-state index contributed by atoms with van der Waals surface area (Å²) < 4.78 is 11.8. The molecule has 1 atom stereocenters. The normalized spacial score (nSPS) is 25.2. The molecule has 0 aromatic heterocycles. The van der Waals surface area contributed by atoms with Crippen molar-refractivity contribution in [1.29, 1.82) is 0 Å². The highest BCUT2D eigenvalue weighted by atomic mass is 79.9. The fraction of sp³-hybridized carbons (Fsp3) is 0.647. The molecular weight excluding hydrogens is 330 g/mol. The van der Waals surface area contributed by atoms with Crippen molar-refractivity contribution in [3.63, 3.8) is 0 Å². The number of halogens is 1. The highest BCUT2D eigenvalue weighted by Gasteiger charge is 2.36. The summed E-state index contributed by atoms with van der Waals surface area (Å²) in [4.78, 5) is 0. The van der Waals surface area contributed by atoms with Gasteiger partial charge in [0.2, 0.25) is 0 Å². The van der Waals surface area contributed by atoms with Gasteiger partial charge >= 0.3 is 0 Å². The number of nitrogens with two attached hydrogens (primary N) is 1. The van der Waals surface area contributed by atoms with Gasteiger partial charge in [0.1, 0.15) is 16.0 Å². The van der Waals surface area contributed by atoms with Crippen LogP contribution in [0.4, 0.5) is 0 Å². The molecule has 2 N–H and O–H groups in total. The van der Waals surface area contributed by atoms with Gasteiger partial charge in [0, 0.05) is 11.1 Å². The molecule has 1 aliphatic rings. The van der Waals surface area contributed by atoms with Crippen LogP contribution < -0.4 is 15.2 Å².